The maximum absolute atomic E-state index is 12.6. The summed E-state index contributed by atoms with van der Waals surface area (Å²) in [6, 6.07) is 6.98. The molecule has 2 N–H and O–H groups in total. The number of nitrogens with one attached hydrogen (secondary N) is 2. The maximum Gasteiger partial charge on any atom is 0.349 e. The van der Waals surface area contributed by atoms with Crippen molar-refractivity contribution in [3.63, 3.8) is 0 Å². The van der Waals surface area contributed by atoms with Crippen molar-refractivity contribution >= 4 is 49.8 Å². The van der Waals surface area contributed by atoms with Crippen LogP contribution in [0.5, 0.6) is 0 Å². The molecule has 0 fully saturated rings. The number of carbonyl (C=O) groups excluding carboxylic acids is 1. The third-order valence-corrected chi connectivity index (χ3v) is 6.05. The number of benzene rings is 1. The summed E-state index contributed by atoms with van der Waals surface area (Å²) in [6.07, 6.45) is 0. The largest absolute Gasteiger partial charge is 0.465 e. The zero-order valence-corrected chi connectivity index (χ0v) is 15.4. The molecule has 1 unspecified atom stereocenters. The minimum absolute atomic E-state index is 0. The molecule has 0 spiro atoms. The van der Waals surface area contributed by atoms with Gasteiger partial charge in [-0.1, -0.05) is 18.2 Å². The molecule has 1 aromatic heterocycles. The Balaban J connectivity index is 0.00000264. The molecule has 0 amide bonds. The molecule has 0 bridgehead atoms. The van der Waals surface area contributed by atoms with E-state index in [9.17, 15) is 13.2 Å². The number of hydrogen-bond donors (Lipinski definition) is 2. The highest BCUT2D eigenvalue weighted by Gasteiger charge is 2.28. The molecule has 2 rings (SSSR count). The van der Waals surface area contributed by atoms with Crippen LogP contribution < -0.4 is 10.0 Å². The lowest BCUT2D eigenvalue weighted by Crippen LogP contribution is -2.37. The lowest BCUT2D eigenvalue weighted by molar-refractivity contribution is 0.0602. The molecule has 1 aromatic carbocycles. The first-order valence-electron chi connectivity index (χ1n) is 6.67. The molecule has 0 radical (unpaired) electrons. The summed E-state index contributed by atoms with van der Waals surface area (Å²) in [5.41, 5.74) is 0. The number of thiophene rings is 1. The predicted molar refractivity (Wildman–Crippen MR) is 94.1 cm³/mol. The molecule has 1 heterocycles. The van der Waals surface area contributed by atoms with E-state index in [1.165, 1.54) is 7.11 Å². The van der Waals surface area contributed by atoms with Crippen LogP contribution in [0.4, 0.5) is 0 Å². The lowest BCUT2D eigenvalue weighted by Gasteiger charge is -2.12. The Morgan fingerprint density at radius 3 is 2.61 bits per heavy atom. The number of likely N-dealkylation sites (N-methyl/N-ethyl adjacent to an activating group) is 1. The highest BCUT2D eigenvalue weighted by molar-refractivity contribution is 7.90. The first-order valence-corrected chi connectivity index (χ1v) is 8.97. The molecule has 0 saturated heterocycles. The topological polar surface area (TPSA) is 84.5 Å². The van der Waals surface area contributed by atoms with Crippen LogP contribution >= 0.6 is 23.7 Å². The monoisotopic (exact) mass is 378 g/mol. The fourth-order valence-corrected chi connectivity index (χ4v) is 4.87. The Bertz CT molecular complexity index is 789. The van der Waals surface area contributed by atoms with Crippen molar-refractivity contribution in [2.75, 3.05) is 20.7 Å². The van der Waals surface area contributed by atoms with Gasteiger partial charge in [0.2, 0.25) is 10.0 Å². The summed E-state index contributed by atoms with van der Waals surface area (Å²) in [5, 5.41) is 3.48. The summed E-state index contributed by atoms with van der Waals surface area (Å²) in [5.74, 6) is -0.650. The van der Waals surface area contributed by atoms with E-state index < -0.39 is 16.0 Å². The standard InChI is InChI=1S/C14H18N2O4S2.ClH/c1-9(15-2)8-16-22(18,19)13-10-6-4-5-7-11(10)21-12(13)14(17)20-3;/h4-7,9,15-16H,8H2,1-3H3;1H. The number of sulfonamides is 1. The van der Waals surface area contributed by atoms with E-state index in [0.717, 1.165) is 16.0 Å². The van der Waals surface area contributed by atoms with E-state index in [0.29, 0.717) is 5.39 Å². The smallest absolute Gasteiger partial charge is 0.349 e. The first kappa shape index (κ1) is 19.9. The molecule has 0 saturated carbocycles. The minimum atomic E-state index is -3.81. The Hall–Kier alpha value is -1.19. The van der Waals surface area contributed by atoms with Gasteiger partial charge in [-0.25, -0.2) is 17.9 Å². The molecule has 128 valence electrons. The van der Waals surface area contributed by atoms with Gasteiger partial charge in [-0.15, -0.1) is 23.7 Å². The second-order valence-electron chi connectivity index (χ2n) is 4.79. The van der Waals surface area contributed by atoms with Crippen LogP contribution in [-0.2, 0) is 14.8 Å². The van der Waals surface area contributed by atoms with Crippen LogP contribution in [0, 0.1) is 0 Å². The molecular weight excluding hydrogens is 360 g/mol. The van der Waals surface area contributed by atoms with Crippen molar-refractivity contribution in [3.8, 4) is 0 Å². The molecule has 9 heteroatoms. The van der Waals surface area contributed by atoms with Gasteiger partial charge in [-0.3, -0.25) is 0 Å². The maximum atomic E-state index is 12.6. The second kappa shape index (κ2) is 8.07. The fraction of sp³-hybridized carbons (Fsp3) is 0.357. The highest BCUT2D eigenvalue weighted by Crippen LogP contribution is 2.34. The number of halogens is 1. The summed E-state index contributed by atoms with van der Waals surface area (Å²) in [6.45, 7) is 2.08. The first-order chi connectivity index (χ1) is 10.4. The molecule has 0 aliphatic rings. The molecule has 6 nitrogen and oxygen atoms in total. The molecule has 2 aromatic rings. The van der Waals surface area contributed by atoms with Gasteiger partial charge >= 0.3 is 5.97 Å². The molecule has 0 aliphatic heterocycles. The van der Waals surface area contributed by atoms with Crippen LogP contribution in [0.1, 0.15) is 16.6 Å². The number of fused-ring (bicyclic) bond motifs is 1. The van der Waals surface area contributed by atoms with Crippen LogP contribution in [-0.4, -0.2) is 41.1 Å². The Kier molecular flexibility index (Phi) is 6.97. The molecule has 1 atom stereocenters. The number of ether oxygens (including phenoxy) is 1. The van der Waals surface area contributed by atoms with Gasteiger partial charge in [-0.05, 0) is 20.0 Å². The van der Waals surface area contributed by atoms with E-state index in [1.807, 2.05) is 6.92 Å². The molecule has 23 heavy (non-hydrogen) atoms. The molecular formula is C14H19ClN2O4S2. The van der Waals surface area contributed by atoms with Crippen molar-refractivity contribution in [1.82, 2.24) is 10.0 Å². The third kappa shape index (κ3) is 4.21. The Morgan fingerprint density at radius 2 is 2.00 bits per heavy atom. The van der Waals surface area contributed by atoms with E-state index in [2.05, 4.69) is 10.0 Å². The average molecular weight is 379 g/mol. The van der Waals surface area contributed by atoms with Crippen molar-refractivity contribution in [1.29, 1.82) is 0 Å². The lowest BCUT2D eigenvalue weighted by atomic mass is 10.2. The van der Waals surface area contributed by atoms with E-state index in [1.54, 1.807) is 31.3 Å². The summed E-state index contributed by atoms with van der Waals surface area (Å²) in [4.78, 5) is 12.0. The summed E-state index contributed by atoms with van der Waals surface area (Å²) >= 11 is 1.11. The van der Waals surface area contributed by atoms with Crippen molar-refractivity contribution in [2.24, 2.45) is 0 Å². The number of methoxy groups -OCH3 is 1. The number of carbonyl (C=O) groups is 1. The minimum Gasteiger partial charge on any atom is -0.465 e. The Labute approximate surface area is 145 Å². The summed E-state index contributed by atoms with van der Waals surface area (Å²) < 4.78 is 33.2. The SMILES string of the molecule is CNC(C)CNS(=O)(=O)c1c(C(=O)OC)sc2ccccc12.Cl. The number of hydrogen-bond acceptors (Lipinski definition) is 6. The van der Waals surface area contributed by atoms with E-state index in [-0.39, 0.29) is 34.8 Å². The van der Waals surface area contributed by atoms with Crippen molar-refractivity contribution < 1.29 is 17.9 Å². The second-order valence-corrected chi connectivity index (χ2v) is 7.55. The van der Waals surface area contributed by atoms with Crippen molar-refractivity contribution in [2.45, 2.75) is 17.9 Å². The fourth-order valence-electron chi connectivity index (χ4n) is 1.92. The molecule has 0 aliphatic carbocycles. The highest BCUT2D eigenvalue weighted by atomic mass is 35.5. The third-order valence-electron chi connectivity index (χ3n) is 3.26. The van der Waals surface area contributed by atoms with Gasteiger partial charge in [0.05, 0.1) is 7.11 Å². The van der Waals surface area contributed by atoms with Gasteiger partial charge in [-0.2, -0.15) is 0 Å². The van der Waals surface area contributed by atoms with Gasteiger partial charge < -0.3 is 10.1 Å². The van der Waals surface area contributed by atoms with Crippen LogP contribution in [0.2, 0.25) is 0 Å². The number of rotatable bonds is 6. The van der Waals surface area contributed by atoms with E-state index >= 15 is 0 Å². The van der Waals surface area contributed by atoms with Gasteiger partial charge in [0.1, 0.15) is 9.77 Å². The zero-order valence-electron chi connectivity index (χ0n) is 13.0. The van der Waals surface area contributed by atoms with Gasteiger partial charge in [0.15, 0.2) is 0 Å². The van der Waals surface area contributed by atoms with Gasteiger partial charge in [0, 0.05) is 22.7 Å². The Morgan fingerprint density at radius 1 is 1.35 bits per heavy atom. The summed E-state index contributed by atoms with van der Waals surface area (Å²) in [7, 11) is -0.830. The van der Waals surface area contributed by atoms with Crippen LogP contribution in [0.15, 0.2) is 29.2 Å². The average Bonchev–Trinajstić information content (AvgIpc) is 2.92. The zero-order chi connectivity index (χ0) is 16.3. The van der Waals surface area contributed by atoms with Crippen LogP contribution in [0.25, 0.3) is 10.1 Å². The van der Waals surface area contributed by atoms with Crippen LogP contribution in [0.3, 0.4) is 0 Å². The normalized spacial score (nSPS) is 12.7. The van der Waals surface area contributed by atoms with Crippen molar-refractivity contribution in [3.05, 3.63) is 29.1 Å². The number of esters is 1. The van der Waals surface area contributed by atoms with E-state index in [4.69, 9.17) is 4.74 Å². The van der Waals surface area contributed by atoms with Gasteiger partial charge in [0.25, 0.3) is 0 Å². The predicted octanol–water partition coefficient (Wildman–Crippen LogP) is 2.00. The quantitative estimate of drug-likeness (QED) is 0.751.